The van der Waals surface area contributed by atoms with Crippen molar-refractivity contribution in [3.63, 3.8) is 0 Å². The minimum absolute atomic E-state index is 0.333. The zero-order chi connectivity index (χ0) is 15.5. The van der Waals surface area contributed by atoms with Crippen LogP contribution in [0.5, 0.6) is 5.75 Å². The average molecular weight is 293 g/mol. The van der Waals surface area contributed by atoms with Gasteiger partial charge in [0, 0.05) is 6.54 Å². The second-order valence-electron chi connectivity index (χ2n) is 6.83. The molecule has 2 rings (SSSR count). The zero-order valence-electron chi connectivity index (χ0n) is 14.3. The Hall–Kier alpha value is -1.03. The molecule has 2 atom stereocenters. The summed E-state index contributed by atoms with van der Waals surface area (Å²) >= 11 is 0. The van der Waals surface area contributed by atoms with Gasteiger partial charge in [-0.2, -0.15) is 5.10 Å². The SMILES string of the molecule is CCCNC(c1c(OC)cnn1CC)C1CCCC1(C)C. The summed E-state index contributed by atoms with van der Waals surface area (Å²) in [5, 5.41) is 8.28. The second kappa shape index (κ2) is 6.82. The molecule has 1 aliphatic rings. The molecule has 0 aliphatic heterocycles. The van der Waals surface area contributed by atoms with Crippen LogP contribution < -0.4 is 10.1 Å². The van der Waals surface area contributed by atoms with Crippen LogP contribution in [-0.2, 0) is 6.54 Å². The highest BCUT2D eigenvalue weighted by Crippen LogP contribution is 2.49. The van der Waals surface area contributed by atoms with Crippen LogP contribution in [0.15, 0.2) is 6.20 Å². The van der Waals surface area contributed by atoms with Crippen molar-refractivity contribution in [1.29, 1.82) is 0 Å². The fourth-order valence-electron chi connectivity index (χ4n) is 3.80. The highest BCUT2D eigenvalue weighted by atomic mass is 16.5. The van der Waals surface area contributed by atoms with E-state index in [4.69, 9.17) is 4.74 Å². The van der Waals surface area contributed by atoms with E-state index in [-0.39, 0.29) is 0 Å². The Labute approximate surface area is 129 Å². The lowest BCUT2D eigenvalue weighted by molar-refractivity contribution is 0.188. The minimum atomic E-state index is 0.333. The van der Waals surface area contributed by atoms with E-state index in [1.165, 1.54) is 25.0 Å². The molecular weight excluding hydrogens is 262 g/mol. The number of ether oxygens (including phenoxy) is 1. The molecule has 1 N–H and O–H groups in total. The maximum Gasteiger partial charge on any atom is 0.161 e. The topological polar surface area (TPSA) is 39.1 Å². The summed E-state index contributed by atoms with van der Waals surface area (Å²) in [5.41, 5.74) is 1.60. The van der Waals surface area contributed by atoms with Gasteiger partial charge < -0.3 is 10.1 Å². The summed E-state index contributed by atoms with van der Waals surface area (Å²) in [6.45, 7) is 11.1. The molecule has 120 valence electrons. The molecule has 0 radical (unpaired) electrons. The van der Waals surface area contributed by atoms with Crippen LogP contribution in [0, 0.1) is 11.3 Å². The summed E-state index contributed by atoms with van der Waals surface area (Å²) in [6.07, 6.45) is 6.93. The van der Waals surface area contributed by atoms with Gasteiger partial charge in [-0.15, -0.1) is 0 Å². The van der Waals surface area contributed by atoms with Crippen molar-refractivity contribution >= 4 is 0 Å². The molecule has 1 aliphatic carbocycles. The number of nitrogens with zero attached hydrogens (tertiary/aromatic N) is 2. The van der Waals surface area contributed by atoms with Gasteiger partial charge in [0.25, 0.3) is 0 Å². The molecule has 0 spiro atoms. The van der Waals surface area contributed by atoms with Crippen LogP contribution in [0.1, 0.15) is 65.1 Å². The first-order chi connectivity index (χ1) is 10.0. The summed E-state index contributed by atoms with van der Waals surface area (Å²) in [7, 11) is 1.75. The molecule has 1 aromatic rings. The Kier molecular flexibility index (Phi) is 5.31. The Bertz CT molecular complexity index is 431. The fourth-order valence-corrected chi connectivity index (χ4v) is 3.80. The molecule has 1 saturated carbocycles. The number of rotatable bonds is 7. The van der Waals surface area contributed by atoms with Crippen molar-refractivity contribution in [2.24, 2.45) is 11.3 Å². The van der Waals surface area contributed by atoms with Crippen LogP contribution in [0.3, 0.4) is 0 Å². The van der Waals surface area contributed by atoms with Crippen LogP contribution in [-0.4, -0.2) is 23.4 Å². The lowest BCUT2D eigenvalue weighted by atomic mass is 9.76. The molecule has 1 fully saturated rings. The molecule has 0 bridgehead atoms. The third kappa shape index (κ3) is 3.25. The predicted octanol–water partition coefficient (Wildman–Crippen LogP) is 3.78. The van der Waals surface area contributed by atoms with Gasteiger partial charge in [-0.05, 0) is 44.1 Å². The van der Waals surface area contributed by atoms with Crippen LogP contribution >= 0.6 is 0 Å². The fraction of sp³-hybridized carbons (Fsp3) is 0.824. The first-order valence-electron chi connectivity index (χ1n) is 8.38. The van der Waals surface area contributed by atoms with Gasteiger partial charge in [-0.25, -0.2) is 0 Å². The molecular formula is C17H31N3O. The molecule has 21 heavy (non-hydrogen) atoms. The Balaban J connectivity index is 2.38. The van der Waals surface area contributed by atoms with Gasteiger partial charge in [-0.1, -0.05) is 27.2 Å². The number of aryl methyl sites for hydroxylation is 1. The number of nitrogens with one attached hydrogen (secondary N) is 1. The van der Waals surface area contributed by atoms with Gasteiger partial charge in [0.2, 0.25) is 0 Å². The van der Waals surface area contributed by atoms with E-state index in [1.807, 2.05) is 6.20 Å². The van der Waals surface area contributed by atoms with Crippen molar-refractivity contribution in [3.05, 3.63) is 11.9 Å². The van der Waals surface area contributed by atoms with E-state index in [0.29, 0.717) is 17.4 Å². The molecule has 1 heterocycles. The van der Waals surface area contributed by atoms with E-state index in [1.54, 1.807) is 7.11 Å². The van der Waals surface area contributed by atoms with E-state index < -0.39 is 0 Å². The molecule has 2 unspecified atom stereocenters. The van der Waals surface area contributed by atoms with Gasteiger partial charge >= 0.3 is 0 Å². The van der Waals surface area contributed by atoms with Gasteiger partial charge in [-0.3, -0.25) is 4.68 Å². The Morgan fingerprint density at radius 3 is 2.76 bits per heavy atom. The van der Waals surface area contributed by atoms with Crippen LogP contribution in [0.4, 0.5) is 0 Å². The summed E-state index contributed by atoms with van der Waals surface area (Å²) in [5.74, 6) is 1.56. The Morgan fingerprint density at radius 2 is 2.24 bits per heavy atom. The zero-order valence-corrected chi connectivity index (χ0v) is 14.3. The van der Waals surface area contributed by atoms with E-state index in [9.17, 15) is 0 Å². The number of hydrogen-bond acceptors (Lipinski definition) is 3. The average Bonchev–Trinajstić information content (AvgIpc) is 3.03. The molecule has 0 saturated heterocycles. The Morgan fingerprint density at radius 1 is 1.48 bits per heavy atom. The van der Waals surface area contributed by atoms with Crippen molar-refractivity contribution in [2.75, 3.05) is 13.7 Å². The monoisotopic (exact) mass is 293 g/mol. The van der Waals surface area contributed by atoms with Crippen LogP contribution in [0.2, 0.25) is 0 Å². The summed E-state index contributed by atoms with van der Waals surface area (Å²) in [6, 6.07) is 0.333. The molecule has 4 nitrogen and oxygen atoms in total. The predicted molar refractivity (Wildman–Crippen MR) is 86.6 cm³/mol. The van der Waals surface area contributed by atoms with Crippen molar-refractivity contribution in [3.8, 4) is 5.75 Å². The third-order valence-corrected chi connectivity index (χ3v) is 5.02. The van der Waals surface area contributed by atoms with E-state index in [2.05, 4.69) is 42.8 Å². The number of methoxy groups -OCH3 is 1. The van der Waals surface area contributed by atoms with Gasteiger partial charge in [0.05, 0.1) is 25.0 Å². The second-order valence-corrected chi connectivity index (χ2v) is 6.83. The minimum Gasteiger partial charge on any atom is -0.493 e. The molecule has 1 aromatic heterocycles. The van der Waals surface area contributed by atoms with E-state index >= 15 is 0 Å². The molecule has 0 aromatic carbocycles. The smallest absolute Gasteiger partial charge is 0.161 e. The highest BCUT2D eigenvalue weighted by Gasteiger charge is 2.42. The largest absolute Gasteiger partial charge is 0.493 e. The van der Waals surface area contributed by atoms with Gasteiger partial charge in [0.1, 0.15) is 0 Å². The van der Waals surface area contributed by atoms with Crippen LogP contribution in [0.25, 0.3) is 0 Å². The number of aromatic nitrogens is 2. The normalized spacial score (nSPS) is 22.4. The van der Waals surface area contributed by atoms with Crippen molar-refractivity contribution < 1.29 is 4.74 Å². The first-order valence-corrected chi connectivity index (χ1v) is 8.38. The maximum absolute atomic E-state index is 5.59. The molecule has 4 heteroatoms. The number of hydrogen-bond donors (Lipinski definition) is 1. The first kappa shape index (κ1) is 16.3. The maximum atomic E-state index is 5.59. The lowest BCUT2D eigenvalue weighted by Gasteiger charge is -2.35. The highest BCUT2D eigenvalue weighted by molar-refractivity contribution is 5.29. The van der Waals surface area contributed by atoms with Gasteiger partial charge in [0.15, 0.2) is 5.75 Å². The standard InChI is InChI=1S/C17H31N3O/c1-6-11-18-15(13-9-8-10-17(13,3)4)16-14(21-5)12-19-20(16)7-2/h12-13,15,18H,6-11H2,1-5H3. The quantitative estimate of drug-likeness (QED) is 0.831. The molecule has 0 amide bonds. The van der Waals surface area contributed by atoms with Crippen molar-refractivity contribution in [1.82, 2.24) is 15.1 Å². The lowest BCUT2D eigenvalue weighted by Crippen LogP contribution is -2.36. The van der Waals surface area contributed by atoms with E-state index in [0.717, 1.165) is 25.3 Å². The summed E-state index contributed by atoms with van der Waals surface area (Å²) < 4.78 is 7.69. The van der Waals surface area contributed by atoms with Crippen molar-refractivity contribution in [2.45, 2.75) is 66.0 Å². The summed E-state index contributed by atoms with van der Waals surface area (Å²) in [4.78, 5) is 0. The third-order valence-electron chi connectivity index (χ3n) is 5.02.